The van der Waals surface area contributed by atoms with Crippen LogP contribution in [-0.2, 0) is 10.2 Å². The topological polar surface area (TPSA) is 117 Å². The van der Waals surface area contributed by atoms with Crippen molar-refractivity contribution in [2.45, 2.75) is 59.5 Å². The highest BCUT2D eigenvalue weighted by molar-refractivity contribution is 5.69. The molecule has 2 aromatic rings. The first-order valence-electron chi connectivity index (χ1n) is 12.1. The van der Waals surface area contributed by atoms with E-state index in [1.807, 2.05) is 46.8 Å². The predicted octanol–water partition coefficient (Wildman–Crippen LogP) is 4.27. The van der Waals surface area contributed by atoms with Gasteiger partial charge in [-0.05, 0) is 63.8 Å². The van der Waals surface area contributed by atoms with Crippen LogP contribution in [0.25, 0.3) is 0 Å². The molecule has 1 aromatic heterocycles. The molecule has 3 N–H and O–H groups in total. The number of hydrogen-bond donors (Lipinski definition) is 2. The molecule has 2 aliphatic rings. The molecule has 36 heavy (non-hydrogen) atoms. The highest BCUT2D eigenvalue weighted by Gasteiger charge is 2.50. The molecule has 188 valence electrons. The molecular weight excluding hydrogens is 454 g/mol. The van der Waals surface area contributed by atoms with Gasteiger partial charge >= 0.3 is 6.09 Å². The minimum Gasteiger partial charge on any atom is -0.444 e. The molecule has 0 saturated carbocycles. The number of nitrogens with two attached hydrogens (primary N) is 1. The van der Waals surface area contributed by atoms with Gasteiger partial charge in [0, 0.05) is 24.3 Å². The smallest absolute Gasteiger partial charge is 0.410 e. The van der Waals surface area contributed by atoms with Gasteiger partial charge in [0.15, 0.2) is 0 Å². The number of allylic oxidation sites excluding steroid dienone is 1. The number of nitriles is 1. The summed E-state index contributed by atoms with van der Waals surface area (Å²) in [5.74, 6) is 7.10. The lowest BCUT2D eigenvalue weighted by Gasteiger charge is -2.41. The Labute approximate surface area is 212 Å². The maximum Gasteiger partial charge on any atom is 0.410 e. The molecule has 0 bridgehead atoms. The zero-order valence-corrected chi connectivity index (χ0v) is 21.9. The molecule has 0 aliphatic carbocycles. The zero-order valence-electron chi connectivity index (χ0n) is 21.9. The van der Waals surface area contributed by atoms with E-state index in [-0.39, 0.29) is 23.8 Å². The van der Waals surface area contributed by atoms with Gasteiger partial charge in [-0.3, -0.25) is 5.10 Å². The second-order valence-corrected chi connectivity index (χ2v) is 10.9. The third-order valence-corrected chi connectivity index (χ3v) is 6.62. The van der Waals surface area contributed by atoms with Crippen molar-refractivity contribution in [3.8, 4) is 23.8 Å². The van der Waals surface area contributed by atoms with Crippen molar-refractivity contribution < 1.29 is 14.3 Å². The molecule has 1 atom stereocenters. The largest absolute Gasteiger partial charge is 0.444 e. The summed E-state index contributed by atoms with van der Waals surface area (Å²) in [5, 5.41) is 17.5. The first kappa shape index (κ1) is 25.2. The first-order chi connectivity index (χ1) is 16.9. The van der Waals surface area contributed by atoms with Gasteiger partial charge in [-0.1, -0.05) is 31.8 Å². The third kappa shape index (κ3) is 4.28. The molecule has 4 rings (SSSR count). The lowest BCUT2D eigenvalue weighted by molar-refractivity contribution is 0.00592. The van der Waals surface area contributed by atoms with Crippen molar-refractivity contribution in [3.05, 3.63) is 57.6 Å². The SMILES string of the molecule is Cc1cc(C#CC2CN(C(=O)OC(C)(C)C)C2)cc(C2(C(C)C)C(C#N)=C(N)Oc3n[nH]c(C)c32)c1. The number of ether oxygens (including phenoxy) is 2. The zero-order chi connectivity index (χ0) is 26.4. The van der Waals surface area contributed by atoms with Crippen LogP contribution in [-0.4, -0.2) is 39.9 Å². The van der Waals surface area contributed by atoms with E-state index in [9.17, 15) is 10.1 Å². The monoisotopic (exact) mass is 487 g/mol. The van der Waals surface area contributed by atoms with Crippen molar-refractivity contribution in [1.29, 1.82) is 5.26 Å². The number of carbonyl (C=O) groups excluding carboxylic acids is 1. The average molecular weight is 488 g/mol. The van der Waals surface area contributed by atoms with Crippen molar-refractivity contribution in [1.82, 2.24) is 15.1 Å². The summed E-state index contributed by atoms with van der Waals surface area (Å²) >= 11 is 0. The fraction of sp³-hybridized carbons (Fsp3) is 0.464. The summed E-state index contributed by atoms with van der Waals surface area (Å²) in [5.41, 5.74) is 9.68. The number of nitrogens with zero attached hydrogens (tertiary/aromatic N) is 3. The summed E-state index contributed by atoms with van der Waals surface area (Å²) in [6.45, 7) is 14.7. The number of aromatic nitrogens is 2. The number of rotatable bonds is 2. The molecule has 0 spiro atoms. The van der Waals surface area contributed by atoms with E-state index < -0.39 is 11.0 Å². The van der Waals surface area contributed by atoms with Crippen molar-refractivity contribution in [2.24, 2.45) is 17.6 Å². The fourth-order valence-corrected chi connectivity index (χ4v) is 5.08. The van der Waals surface area contributed by atoms with E-state index in [0.29, 0.717) is 24.5 Å². The van der Waals surface area contributed by atoms with E-state index in [1.54, 1.807) is 4.90 Å². The summed E-state index contributed by atoms with van der Waals surface area (Å²) < 4.78 is 11.2. The number of fused-ring (bicyclic) bond motifs is 1. The Morgan fingerprint density at radius 3 is 2.61 bits per heavy atom. The summed E-state index contributed by atoms with van der Waals surface area (Å²) in [6.07, 6.45) is -0.309. The van der Waals surface area contributed by atoms with Crippen LogP contribution in [0.5, 0.6) is 5.88 Å². The molecule has 1 saturated heterocycles. The van der Waals surface area contributed by atoms with Crippen LogP contribution in [0.4, 0.5) is 4.79 Å². The second-order valence-electron chi connectivity index (χ2n) is 10.9. The van der Waals surface area contributed by atoms with Crippen molar-refractivity contribution in [3.63, 3.8) is 0 Å². The Bertz CT molecular complexity index is 1340. The Balaban J connectivity index is 1.70. The number of H-pyrrole nitrogens is 1. The standard InChI is InChI=1S/C28H33N5O3/c1-16(2)28(22(13-29)24(30)35-25-23(28)18(4)31-32-25)21-11-17(3)10-19(12-21)8-9-20-14-33(15-20)26(34)36-27(5,6)7/h10-12,16,20H,14-15,30H2,1-7H3,(H,31,32). The Kier molecular flexibility index (Phi) is 6.26. The Morgan fingerprint density at radius 1 is 1.31 bits per heavy atom. The van der Waals surface area contributed by atoms with E-state index in [4.69, 9.17) is 15.2 Å². The van der Waals surface area contributed by atoms with Crippen LogP contribution in [0.15, 0.2) is 29.7 Å². The molecule has 1 aromatic carbocycles. The van der Waals surface area contributed by atoms with E-state index in [2.05, 4.69) is 48.0 Å². The van der Waals surface area contributed by atoms with Gasteiger partial charge in [0.1, 0.15) is 17.2 Å². The number of benzene rings is 1. The molecule has 1 fully saturated rings. The lowest BCUT2D eigenvalue weighted by Crippen LogP contribution is -2.51. The maximum atomic E-state index is 12.2. The Morgan fingerprint density at radius 2 is 2.00 bits per heavy atom. The minimum absolute atomic E-state index is 0.0266. The molecule has 0 radical (unpaired) electrons. The van der Waals surface area contributed by atoms with Crippen LogP contribution < -0.4 is 10.5 Å². The van der Waals surface area contributed by atoms with Gasteiger partial charge in [0.25, 0.3) is 0 Å². The van der Waals surface area contributed by atoms with Crippen molar-refractivity contribution >= 4 is 6.09 Å². The molecule has 3 heterocycles. The highest BCUT2D eigenvalue weighted by atomic mass is 16.6. The number of aromatic amines is 1. The molecule has 8 heteroatoms. The Hall–Kier alpha value is -3.91. The number of hydrogen-bond acceptors (Lipinski definition) is 6. The minimum atomic E-state index is -0.837. The summed E-state index contributed by atoms with van der Waals surface area (Å²) in [7, 11) is 0. The molecule has 1 unspecified atom stereocenters. The molecular formula is C28H33N5O3. The number of carbonyl (C=O) groups is 1. The van der Waals surface area contributed by atoms with Crippen molar-refractivity contribution in [2.75, 3.05) is 13.1 Å². The van der Waals surface area contributed by atoms with E-state index >= 15 is 0 Å². The fourth-order valence-electron chi connectivity index (χ4n) is 5.08. The number of nitrogens with one attached hydrogen (secondary N) is 1. The predicted molar refractivity (Wildman–Crippen MR) is 136 cm³/mol. The van der Waals surface area contributed by atoms with Crippen LogP contribution >= 0.6 is 0 Å². The quantitative estimate of drug-likeness (QED) is 0.611. The van der Waals surface area contributed by atoms with Gasteiger partial charge in [-0.2, -0.15) is 5.26 Å². The number of likely N-dealkylation sites (tertiary alicyclic amines) is 1. The first-order valence-corrected chi connectivity index (χ1v) is 12.1. The molecule has 2 aliphatic heterocycles. The van der Waals surface area contributed by atoms with Crippen LogP contribution in [0.3, 0.4) is 0 Å². The van der Waals surface area contributed by atoms with Crippen LogP contribution in [0.1, 0.15) is 62.6 Å². The third-order valence-electron chi connectivity index (χ3n) is 6.62. The van der Waals surface area contributed by atoms with Gasteiger partial charge < -0.3 is 20.1 Å². The number of amides is 1. The maximum absolute atomic E-state index is 12.2. The van der Waals surface area contributed by atoms with Gasteiger partial charge in [-0.15, -0.1) is 5.10 Å². The lowest BCUT2D eigenvalue weighted by atomic mass is 9.61. The number of aryl methyl sites for hydroxylation is 2. The summed E-state index contributed by atoms with van der Waals surface area (Å²) in [4.78, 5) is 13.9. The van der Waals surface area contributed by atoms with Crippen LogP contribution in [0.2, 0.25) is 0 Å². The molecule has 8 nitrogen and oxygen atoms in total. The highest BCUT2D eigenvalue weighted by Crippen LogP contribution is 2.52. The average Bonchev–Trinajstić information content (AvgIpc) is 3.10. The van der Waals surface area contributed by atoms with E-state index in [1.165, 1.54) is 0 Å². The van der Waals surface area contributed by atoms with E-state index in [0.717, 1.165) is 27.9 Å². The molecule has 1 amide bonds. The van der Waals surface area contributed by atoms with Crippen LogP contribution in [0, 0.1) is 48.9 Å². The van der Waals surface area contributed by atoms with Gasteiger partial charge in [0.2, 0.25) is 11.8 Å². The normalized spacial score (nSPS) is 19.6. The second kappa shape index (κ2) is 8.95. The van der Waals surface area contributed by atoms with Gasteiger partial charge in [-0.25, -0.2) is 4.79 Å². The summed E-state index contributed by atoms with van der Waals surface area (Å²) in [6, 6.07) is 8.45. The van der Waals surface area contributed by atoms with Gasteiger partial charge in [0.05, 0.1) is 16.9 Å².